The van der Waals surface area contributed by atoms with E-state index in [0.717, 1.165) is 57.2 Å². The monoisotopic (exact) mass is 594 g/mol. The van der Waals surface area contributed by atoms with E-state index in [1.54, 1.807) is 4.90 Å². The number of carbonyl (C=O) groups is 1. The first kappa shape index (κ1) is 30.9. The van der Waals surface area contributed by atoms with Gasteiger partial charge in [0.2, 0.25) is 5.91 Å². The van der Waals surface area contributed by atoms with Crippen molar-refractivity contribution in [3.63, 3.8) is 0 Å². The quantitative estimate of drug-likeness (QED) is 0.278. The number of aryl methyl sites for hydroxylation is 1. The maximum atomic E-state index is 15.2. The molecule has 1 amide bonds. The molecule has 2 aromatic rings. The number of piperazine rings is 2. The smallest absolute Gasteiger partial charge is 0.246 e. The number of ether oxygens (including phenoxy) is 1. The Morgan fingerprint density at radius 1 is 1.12 bits per heavy atom. The van der Waals surface area contributed by atoms with Crippen LogP contribution in [0.3, 0.4) is 0 Å². The second-order valence-electron chi connectivity index (χ2n) is 12.2. The molecule has 232 valence electrons. The first-order valence-electron chi connectivity index (χ1n) is 15.3. The molecule has 5 rings (SSSR count). The summed E-state index contributed by atoms with van der Waals surface area (Å²) in [5, 5.41) is 12.8. The van der Waals surface area contributed by atoms with Crippen LogP contribution in [0.15, 0.2) is 36.9 Å². The van der Waals surface area contributed by atoms with Gasteiger partial charge in [-0.15, -0.1) is 0 Å². The van der Waals surface area contributed by atoms with E-state index in [1.165, 1.54) is 18.2 Å². The zero-order valence-electron chi connectivity index (χ0n) is 25.8. The van der Waals surface area contributed by atoms with E-state index in [-0.39, 0.29) is 29.7 Å². The maximum Gasteiger partial charge on any atom is 0.246 e. The zero-order chi connectivity index (χ0) is 30.8. The lowest BCUT2D eigenvalue weighted by atomic mass is 9.92. The van der Waals surface area contributed by atoms with Crippen LogP contribution in [-0.4, -0.2) is 109 Å². The highest BCUT2D eigenvalue weighted by Gasteiger charge is 2.35. The van der Waals surface area contributed by atoms with Gasteiger partial charge in [0.25, 0.3) is 0 Å². The fraction of sp³-hybridized carbons (Fsp3) is 0.515. The van der Waals surface area contributed by atoms with Crippen molar-refractivity contribution in [1.82, 2.24) is 19.6 Å². The average molecular weight is 595 g/mol. The van der Waals surface area contributed by atoms with Crippen molar-refractivity contribution < 1.29 is 18.3 Å². The van der Waals surface area contributed by atoms with E-state index >= 15 is 4.39 Å². The molecule has 10 heteroatoms. The third-order valence-electron chi connectivity index (χ3n) is 9.05. The maximum absolute atomic E-state index is 15.2. The Balaban J connectivity index is 1.43. The Bertz CT molecular complexity index is 1380. The molecule has 8 nitrogen and oxygen atoms in total. The predicted octanol–water partition coefficient (Wildman–Crippen LogP) is 4.57. The number of benzene rings is 2. The second kappa shape index (κ2) is 13.0. The largest absolute Gasteiger partial charge is 0.486 e. The van der Waals surface area contributed by atoms with Crippen molar-refractivity contribution in [1.29, 1.82) is 5.41 Å². The lowest BCUT2D eigenvalue weighted by molar-refractivity contribution is -0.130. The molecule has 2 aromatic carbocycles. The van der Waals surface area contributed by atoms with Gasteiger partial charge in [-0.2, -0.15) is 0 Å². The van der Waals surface area contributed by atoms with Crippen LogP contribution in [0.4, 0.5) is 14.5 Å². The van der Waals surface area contributed by atoms with Crippen molar-refractivity contribution in [2.75, 3.05) is 64.7 Å². The summed E-state index contributed by atoms with van der Waals surface area (Å²) >= 11 is 0. The number of nitrogens with zero attached hydrogens (tertiary/aromatic N) is 4. The van der Waals surface area contributed by atoms with Gasteiger partial charge < -0.3 is 29.7 Å². The number of anilines is 1. The first-order chi connectivity index (χ1) is 20.6. The lowest BCUT2D eigenvalue weighted by Crippen LogP contribution is -2.59. The standard InChI is InChI=1S/C33H44F2N6O2/c1-6-29(42)40-19-23(4)41(20-22(40)3)33(36)27-16-21(2)30(26-10-9-24(34)17-28(26)35)32-31(27)37-18-25(43-32)8-7-11-39-14-12-38(5)13-15-39/h6,9-10,16-17,22-23,25,36-37H,1,7-8,11-15,18-20H2,2-5H3/t22-,23+,25?/m1/s1. The van der Waals surface area contributed by atoms with Gasteiger partial charge in [-0.05, 0) is 77.0 Å². The summed E-state index contributed by atoms with van der Waals surface area (Å²) in [6.07, 6.45) is 3.01. The molecule has 2 fully saturated rings. The first-order valence-corrected chi connectivity index (χ1v) is 15.3. The van der Waals surface area contributed by atoms with Crippen LogP contribution in [-0.2, 0) is 4.79 Å². The van der Waals surface area contributed by atoms with E-state index in [4.69, 9.17) is 4.74 Å². The highest BCUT2D eigenvalue weighted by atomic mass is 19.1. The molecular formula is C33H44F2N6O2. The van der Waals surface area contributed by atoms with Crippen LogP contribution >= 0.6 is 0 Å². The summed E-state index contributed by atoms with van der Waals surface area (Å²) < 4.78 is 35.7. The van der Waals surface area contributed by atoms with Gasteiger partial charge in [0, 0.05) is 74.1 Å². The van der Waals surface area contributed by atoms with E-state index in [9.17, 15) is 14.6 Å². The van der Waals surface area contributed by atoms with Crippen LogP contribution in [0.1, 0.15) is 37.8 Å². The third-order valence-corrected chi connectivity index (χ3v) is 9.05. The molecule has 0 aliphatic carbocycles. The SMILES string of the molecule is C=CC(=O)N1C[C@H](C)N(C(=N)c2cc(C)c(-c3ccc(F)cc3F)c3c2NCC(CCCN2CCN(C)CC2)O3)C[C@H]1C. The fourth-order valence-corrected chi connectivity index (χ4v) is 6.51. The molecule has 3 aliphatic rings. The van der Waals surface area contributed by atoms with Crippen molar-refractivity contribution in [3.05, 3.63) is 59.7 Å². The number of fused-ring (bicyclic) bond motifs is 1. The summed E-state index contributed by atoms with van der Waals surface area (Å²) in [5.41, 5.74) is 2.89. The number of nitrogens with one attached hydrogen (secondary N) is 2. The van der Waals surface area contributed by atoms with E-state index < -0.39 is 11.6 Å². The number of hydrogen-bond donors (Lipinski definition) is 2. The lowest BCUT2D eigenvalue weighted by Gasteiger charge is -2.45. The molecule has 0 aromatic heterocycles. The zero-order valence-corrected chi connectivity index (χ0v) is 25.8. The Hall–Kier alpha value is -3.50. The number of rotatable bonds is 7. The molecule has 3 aliphatic heterocycles. The molecule has 0 spiro atoms. The summed E-state index contributed by atoms with van der Waals surface area (Å²) in [6.45, 7) is 16.3. The minimum atomic E-state index is -0.653. The predicted molar refractivity (Wildman–Crippen MR) is 167 cm³/mol. The van der Waals surface area contributed by atoms with Crippen molar-refractivity contribution in [2.45, 2.75) is 51.8 Å². The molecule has 3 atom stereocenters. The minimum absolute atomic E-state index is 0.0930. The molecule has 2 N–H and O–H groups in total. The molecule has 0 radical (unpaired) electrons. The van der Waals surface area contributed by atoms with Crippen molar-refractivity contribution in [2.24, 2.45) is 0 Å². The molecule has 43 heavy (non-hydrogen) atoms. The summed E-state index contributed by atoms with van der Waals surface area (Å²) in [5.74, 6) is -0.580. The number of amidine groups is 1. The minimum Gasteiger partial charge on any atom is -0.486 e. The molecule has 3 heterocycles. The van der Waals surface area contributed by atoms with Gasteiger partial charge in [0.05, 0.1) is 12.2 Å². The van der Waals surface area contributed by atoms with Crippen LogP contribution < -0.4 is 10.1 Å². The molecule has 2 saturated heterocycles. The fourth-order valence-electron chi connectivity index (χ4n) is 6.51. The van der Waals surface area contributed by atoms with Crippen molar-refractivity contribution in [3.8, 4) is 16.9 Å². The van der Waals surface area contributed by atoms with Crippen LogP contribution in [0.5, 0.6) is 5.75 Å². The van der Waals surface area contributed by atoms with Crippen LogP contribution in [0.2, 0.25) is 0 Å². The van der Waals surface area contributed by atoms with E-state index in [0.29, 0.717) is 48.0 Å². The Kier molecular flexibility index (Phi) is 9.36. The van der Waals surface area contributed by atoms with Crippen LogP contribution in [0, 0.1) is 24.0 Å². The molecular weight excluding hydrogens is 550 g/mol. The van der Waals surface area contributed by atoms with Gasteiger partial charge in [0.15, 0.2) is 5.75 Å². The molecule has 1 unspecified atom stereocenters. The highest BCUT2D eigenvalue weighted by molar-refractivity contribution is 6.05. The van der Waals surface area contributed by atoms with Gasteiger partial charge in [-0.1, -0.05) is 6.58 Å². The number of hydrogen-bond acceptors (Lipinski definition) is 6. The summed E-state index contributed by atoms with van der Waals surface area (Å²) in [4.78, 5) is 21.0. The van der Waals surface area contributed by atoms with E-state index in [2.05, 4.69) is 28.7 Å². The number of carbonyl (C=O) groups excluding carboxylic acids is 1. The van der Waals surface area contributed by atoms with Crippen LogP contribution in [0.25, 0.3) is 11.1 Å². The topological polar surface area (TPSA) is 75.1 Å². The summed E-state index contributed by atoms with van der Waals surface area (Å²) in [6, 6.07) is 5.32. The van der Waals surface area contributed by atoms with Crippen molar-refractivity contribution >= 4 is 17.4 Å². The number of amides is 1. The Morgan fingerprint density at radius 3 is 2.51 bits per heavy atom. The second-order valence-corrected chi connectivity index (χ2v) is 12.2. The highest BCUT2D eigenvalue weighted by Crippen LogP contribution is 2.45. The Labute approximate surface area is 253 Å². The van der Waals surface area contributed by atoms with Gasteiger partial charge in [-0.25, -0.2) is 8.78 Å². The normalized spacial score (nSPS) is 22.9. The van der Waals surface area contributed by atoms with E-state index in [1.807, 2.05) is 31.7 Å². The third kappa shape index (κ3) is 6.55. The average Bonchev–Trinajstić information content (AvgIpc) is 2.98. The van der Waals surface area contributed by atoms with Gasteiger partial charge in [0.1, 0.15) is 23.6 Å². The number of halogens is 2. The molecule has 0 saturated carbocycles. The number of likely N-dealkylation sites (N-methyl/N-ethyl adjacent to an activating group) is 1. The van der Waals surface area contributed by atoms with Gasteiger partial charge >= 0.3 is 0 Å². The Morgan fingerprint density at radius 2 is 1.81 bits per heavy atom. The molecule has 0 bridgehead atoms. The van der Waals surface area contributed by atoms with Gasteiger partial charge in [-0.3, -0.25) is 10.2 Å². The summed E-state index contributed by atoms with van der Waals surface area (Å²) in [7, 11) is 2.15.